The van der Waals surface area contributed by atoms with E-state index in [1.165, 1.54) is 24.3 Å². The normalized spacial score (nSPS) is 11.6. The van der Waals surface area contributed by atoms with Crippen LogP contribution in [0.3, 0.4) is 0 Å². The minimum absolute atomic E-state index is 0.0764. The van der Waals surface area contributed by atoms with Crippen LogP contribution in [0, 0.1) is 0 Å². The van der Waals surface area contributed by atoms with Crippen LogP contribution < -0.4 is 4.31 Å². The third-order valence-corrected chi connectivity index (χ3v) is 7.40. The van der Waals surface area contributed by atoms with Crippen molar-refractivity contribution in [2.24, 2.45) is 0 Å². The first-order valence-corrected chi connectivity index (χ1v) is 12.6. The van der Waals surface area contributed by atoms with E-state index in [1.54, 1.807) is 35.0 Å². The number of anilines is 1. The Kier molecular flexibility index (Phi) is 7.27. The van der Waals surface area contributed by atoms with Crippen molar-refractivity contribution in [1.82, 2.24) is 14.8 Å². The van der Waals surface area contributed by atoms with Gasteiger partial charge in [-0.2, -0.15) is 5.10 Å². The van der Waals surface area contributed by atoms with E-state index in [1.807, 2.05) is 6.07 Å². The second kappa shape index (κ2) is 10.2. The van der Waals surface area contributed by atoms with Crippen LogP contribution in [0.5, 0.6) is 0 Å². The van der Waals surface area contributed by atoms with Gasteiger partial charge in [-0.15, -0.1) is 5.10 Å². The molecule has 2 N–H and O–H groups in total. The Morgan fingerprint density at radius 3 is 2.37 bits per heavy atom. The van der Waals surface area contributed by atoms with Crippen molar-refractivity contribution in [3.05, 3.63) is 76.5 Å². The molecule has 0 amide bonds. The van der Waals surface area contributed by atoms with E-state index in [0.717, 1.165) is 15.5 Å². The first kappa shape index (κ1) is 24.9. The number of aliphatic carboxylic acids is 1. The fraction of sp³-hybridized carbons (Fsp3) is 0.174. The average molecular weight is 535 g/mol. The van der Waals surface area contributed by atoms with Crippen molar-refractivity contribution >= 4 is 55.8 Å². The molecule has 0 unspecified atom stereocenters. The summed E-state index contributed by atoms with van der Waals surface area (Å²) in [5.41, 5.74) is 1.65. The Morgan fingerprint density at radius 1 is 1.00 bits per heavy atom. The minimum atomic E-state index is -4.28. The van der Waals surface area contributed by atoms with Gasteiger partial charge in [0.2, 0.25) is 0 Å². The highest BCUT2D eigenvalue weighted by Gasteiger charge is 2.28. The number of hydrogen-bond donors (Lipinski definition) is 2. The molecule has 35 heavy (non-hydrogen) atoms. The number of carboxylic acids is 1. The first-order chi connectivity index (χ1) is 16.7. The van der Waals surface area contributed by atoms with Crippen LogP contribution in [0.4, 0.5) is 5.69 Å². The zero-order valence-corrected chi connectivity index (χ0v) is 20.5. The van der Waals surface area contributed by atoms with Gasteiger partial charge >= 0.3 is 5.97 Å². The summed E-state index contributed by atoms with van der Waals surface area (Å²) in [6.45, 7) is -0.716. The van der Waals surface area contributed by atoms with E-state index in [9.17, 15) is 18.3 Å². The van der Waals surface area contributed by atoms with Gasteiger partial charge in [0, 0.05) is 28.2 Å². The van der Waals surface area contributed by atoms with E-state index in [2.05, 4.69) is 10.2 Å². The van der Waals surface area contributed by atoms with Crippen LogP contribution in [0.1, 0.15) is 12.1 Å². The van der Waals surface area contributed by atoms with E-state index in [-0.39, 0.29) is 27.2 Å². The molecular formula is C23H20Cl2N4O5S. The van der Waals surface area contributed by atoms with Crippen LogP contribution >= 0.6 is 23.2 Å². The summed E-state index contributed by atoms with van der Waals surface area (Å²) in [7, 11) is -4.28. The van der Waals surface area contributed by atoms with Crippen molar-refractivity contribution in [3.8, 4) is 5.82 Å². The molecule has 2 heterocycles. The molecule has 0 aliphatic rings. The Balaban J connectivity index is 1.72. The Bertz CT molecular complexity index is 1470. The lowest BCUT2D eigenvalue weighted by Crippen LogP contribution is -2.35. The highest BCUT2D eigenvalue weighted by Crippen LogP contribution is 2.31. The number of fused-ring (bicyclic) bond motifs is 1. The number of aliphatic hydroxyl groups is 1. The summed E-state index contributed by atoms with van der Waals surface area (Å²) in [5.74, 6) is -0.764. The fourth-order valence-corrected chi connectivity index (χ4v) is 5.74. The lowest BCUT2D eigenvalue weighted by Gasteiger charge is -2.23. The molecule has 2 aromatic heterocycles. The monoisotopic (exact) mass is 534 g/mol. The van der Waals surface area contributed by atoms with E-state index in [4.69, 9.17) is 28.3 Å². The third kappa shape index (κ3) is 5.40. The zero-order valence-electron chi connectivity index (χ0n) is 18.2. The number of rotatable bonds is 9. The van der Waals surface area contributed by atoms with Crippen LogP contribution in [-0.4, -0.2) is 52.5 Å². The lowest BCUT2D eigenvalue weighted by atomic mass is 10.2. The van der Waals surface area contributed by atoms with E-state index in [0.29, 0.717) is 24.0 Å². The number of hydrogen-bond acceptors (Lipinski definition) is 6. The molecular weight excluding hydrogens is 515 g/mol. The van der Waals surface area contributed by atoms with Crippen molar-refractivity contribution in [1.29, 1.82) is 0 Å². The number of nitrogens with zero attached hydrogens (tertiary/aromatic N) is 4. The maximum atomic E-state index is 13.3. The minimum Gasteiger partial charge on any atom is -0.480 e. The summed E-state index contributed by atoms with van der Waals surface area (Å²) in [6, 6.07) is 14.0. The van der Waals surface area contributed by atoms with Gasteiger partial charge in [-0.05, 0) is 67.4 Å². The molecule has 4 aromatic rings. The summed E-state index contributed by atoms with van der Waals surface area (Å²) in [4.78, 5) is 11.3. The number of aromatic nitrogens is 3. The number of benzene rings is 2. The highest BCUT2D eigenvalue weighted by molar-refractivity contribution is 7.92. The molecule has 0 atom stereocenters. The quantitative estimate of drug-likeness (QED) is 0.333. The van der Waals surface area contributed by atoms with Gasteiger partial charge < -0.3 is 10.2 Å². The van der Waals surface area contributed by atoms with Crippen LogP contribution in [0.15, 0.2) is 65.7 Å². The highest BCUT2D eigenvalue weighted by atomic mass is 35.5. The molecule has 0 saturated carbocycles. The summed E-state index contributed by atoms with van der Waals surface area (Å²) < 4.78 is 29.3. The second-order valence-electron chi connectivity index (χ2n) is 7.65. The Morgan fingerprint density at radius 2 is 1.74 bits per heavy atom. The van der Waals surface area contributed by atoms with Crippen molar-refractivity contribution in [2.75, 3.05) is 17.5 Å². The molecule has 12 heteroatoms. The smallest absolute Gasteiger partial charge is 0.324 e. The molecule has 0 radical (unpaired) electrons. The van der Waals surface area contributed by atoms with Gasteiger partial charge in [0.05, 0.1) is 21.8 Å². The van der Waals surface area contributed by atoms with Gasteiger partial charge in [0.15, 0.2) is 5.82 Å². The summed E-state index contributed by atoms with van der Waals surface area (Å²) in [5, 5.41) is 27.7. The maximum Gasteiger partial charge on any atom is 0.324 e. The summed E-state index contributed by atoms with van der Waals surface area (Å²) in [6.07, 6.45) is 2.98. The van der Waals surface area contributed by atoms with Crippen LogP contribution in [0.2, 0.25) is 10.0 Å². The summed E-state index contributed by atoms with van der Waals surface area (Å²) >= 11 is 12.0. The topological polar surface area (TPSA) is 126 Å². The number of carbonyl (C=O) groups is 1. The van der Waals surface area contributed by atoms with Gasteiger partial charge in [-0.1, -0.05) is 23.2 Å². The lowest BCUT2D eigenvalue weighted by molar-refractivity contribution is -0.135. The third-order valence-electron chi connectivity index (χ3n) is 5.21. The van der Waals surface area contributed by atoms with E-state index < -0.39 is 22.5 Å². The average Bonchev–Trinajstić information content (AvgIpc) is 3.24. The molecule has 0 spiro atoms. The maximum absolute atomic E-state index is 13.3. The van der Waals surface area contributed by atoms with Gasteiger partial charge in [-0.25, -0.2) is 8.42 Å². The van der Waals surface area contributed by atoms with Gasteiger partial charge in [0.25, 0.3) is 10.0 Å². The molecule has 0 fully saturated rings. The molecule has 2 aromatic carbocycles. The van der Waals surface area contributed by atoms with Gasteiger partial charge in [-0.3, -0.25) is 13.7 Å². The number of sulfonamides is 1. The van der Waals surface area contributed by atoms with Crippen molar-refractivity contribution in [3.63, 3.8) is 0 Å². The van der Waals surface area contributed by atoms with Crippen LogP contribution in [-0.2, 0) is 21.2 Å². The van der Waals surface area contributed by atoms with Gasteiger partial charge in [0.1, 0.15) is 6.54 Å². The molecule has 9 nitrogen and oxygen atoms in total. The zero-order chi connectivity index (χ0) is 25.2. The number of aliphatic hydroxyl groups excluding tert-OH is 1. The predicted molar refractivity (Wildman–Crippen MR) is 133 cm³/mol. The molecule has 0 bridgehead atoms. The number of carboxylic acid groups (broad SMARTS) is 1. The SMILES string of the molecule is O=C(O)CN(c1ccc2c(ccn2-c2ccc(CCCO)nn2)c1)S(=O)(=O)c1cc(Cl)cc(Cl)c1. The first-order valence-electron chi connectivity index (χ1n) is 10.4. The standard InChI is InChI=1S/C23H20Cl2N4O5S/c24-16-11-17(25)13-20(12-16)35(33,34)29(14-23(31)32)19-4-5-21-15(10-19)7-8-28(21)22-6-3-18(26-27-22)2-1-9-30/h3-8,10-13,30H,1-2,9,14H2,(H,31,32). The Hall–Kier alpha value is -3.18. The molecule has 182 valence electrons. The van der Waals surface area contributed by atoms with Crippen molar-refractivity contribution in [2.45, 2.75) is 17.7 Å². The van der Waals surface area contributed by atoms with E-state index >= 15 is 0 Å². The molecule has 4 rings (SSSR count). The Labute approximate surface area is 211 Å². The number of halogens is 2. The van der Waals surface area contributed by atoms with Crippen molar-refractivity contribution < 1.29 is 23.4 Å². The second-order valence-corrected chi connectivity index (χ2v) is 10.4. The number of aryl methyl sites for hydroxylation is 1. The van der Waals surface area contributed by atoms with Crippen LogP contribution in [0.25, 0.3) is 16.7 Å². The molecule has 0 aliphatic heterocycles. The predicted octanol–water partition coefficient (Wildman–Crippen LogP) is 3.93. The largest absolute Gasteiger partial charge is 0.480 e. The fourth-order valence-electron chi connectivity index (χ4n) is 3.60. The molecule has 0 aliphatic carbocycles. The molecule has 0 saturated heterocycles.